The number of halogens is 1. The van der Waals surface area contributed by atoms with Crippen molar-refractivity contribution in [2.24, 2.45) is 10.9 Å². The summed E-state index contributed by atoms with van der Waals surface area (Å²) in [6.07, 6.45) is 0. The molecule has 2 atom stereocenters. The largest absolute Gasteiger partial charge is 0.497 e. The van der Waals surface area contributed by atoms with Gasteiger partial charge in [-0.25, -0.2) is 4.99 Å². The van der Waals surface area contributed by atoms with E-state index in [9.17, 15) is 9.59 Å². The SMILES string of the molecule is CCOC(=O)C1C(=O)NC(N2CCN(c3ccc(Cl)cc3)CC2)=NC1c1ccc(OC)cc1. The van der Waals surface area contributed by atoms with Crippen molar-refractivity contribution in [3.8, 4) is 5.75 Å². The first-order valence-corrected chi connectivity index (χ1v) is 11.3. The van der Waals surface area contributed by atoms with Gasteiger partial charge in [-0.1, -0.05) is 23.7 Å². The van der Waals surface area contributed by atoms with Crippen LogP contribution in [-0.4, -0.2) is 62.6 Å². The van der Waals surface area contributed by atoms with E-state index in [4.69, 9.17) is 26.1 Å². The predicted octanol–water partition coefficient (Wildman–Crippen LogP) is 2.88. The number of anilines is 1. The van der Waals surface area contributed by atoms with Gasteiger partial charge in [0.2, 0.25) is 11.9 Å². The normalized spacial score (nSPS) is 20.7. The first kappa shape index (κ1) is 22.9. The number of hydrogen-bond donors (Lipinski definition) is 1. The maximum absolute atomic E-state index is 13.0. The van der Waals surface area contributed by atoms with Crippen LogP contribution in [0.1, 0.15) is 18.5 Å². The number of aliphatic imine (C=N–C) groups is 1. The number of esters is 1. The van der Waals surface area contributed by atoms with Gasteiger partial charge in [0.25, 0.3) is 0 Å². The number of rotatable bonds is 5. The molecule has 174 valence electrons. The average molecular weight is 471 g/mol. The fraction of sp³-hybridized carbons (Fsp3) is 0.375. The Hall–Kier alpha value is -3.26. The number of carbonyl (C=O) groups is 2. The minimum atomic E-state index is -1.04. The summed E-state index contributed by atoms with van der Waals surface area (Å²) in [4.78, 5) is 34.8. The molecule has 0 spiro atoms. The number of carbonyl (C=O) groups excluding carboxylic acids is 2. The van der Waals surface area contributed by atoms with Gasteiger partial charge in [-0.05, 0) is 48.9 Å². The van der Waals surface area contributed by atoms with E-state index in [2.05, 4.69) is 10.2 Å². The van der Waals surface area contributed by atoms with E-state index in [1.165, 1.54) is 0 Å². The fourth-order valence-corrected chi connectivity index (χ4v) is 4.22. The second kappa shape index (κ2) is 10.1. The van der Waals surface area contributed by atoms with E-state index in [-0.39, 0.29) is 6.61 Å². The van der Waals surface area contributed by atoms with Crippen LogP contribution in [0, 0.1) is 5.92 Å². The second-order valence-corrected chi connectivity index (χ2v) is 8.28. The van der Waals surface area contributed by atoms with Crippen molar-refractivity contribution in [2.75, 3.05) is 44.8 Å². The van der Waals surface area contributed by atoms with Crippen LogP contribution in [0.2, 0.25) is 5.02 Å². The van der Waals surface area contributed by atoms with Gasteiger partial charge in [0, 0.05) is 36.9 Å². The minimum absolute atomic E-state index is 0.196. The molecule has 1 saturated heterocycles. The summed E-state index contributed by atoms with van der Waals surface area (Å²) >= 11 is 6.00. The molecule has 33 heavy (non-hydrogen) atoms. The lowest BCUT2D eigenvalue weighted by molar-refractivity contribution is -0.153. The quantitative estimate of drug-likeness (QED) is 0.534. The number of ether oxygens (including phenoxy) is 2. The zero-order valence-corrected chi connectivity index (χ0v) is 19.4. The van der Waals surface area contributed by atoms with Gasteiger partial charge in [0.1, 0.15) is 11.8 Å². The Bertz CT molecular complexity index is 1020. The predicted molar refractivity (Wildman–Crippen MR) is 127 cm³/mol. The van der Waals surface area contributed by atoms with Gasteiger partial charge in [-0.15, -0.1) is 0 Å². The third kappa shape index (κ3) is 5.06. The summed E-state index contributed by atoms with van der Waals surface area (Å²) in [5, 5.41) is 3.54. The highest BCUT2D eigenvalue weighted by Crippen LogP contribution is 2.32. The zero-order valence-electron chi connectivity index (χ0n) is 18.7. The number of nitrogens with one attached hydrogen (secondary N) is 1. The van der Waals surface area contributed by atoms with Gasteiger partial charge in [0.15, 0.2) is 5.92 Å². The van der Waals surface area contributed by atoms with Gasteiger partial charge in [0.05, 0.1) is 13.7 Å². The number of guanidine groups is 1. The summed E-state index contributed by atoms with van der Waals surface area (Å²) in [7, 11) is 1.59. The number of methoxy groups -OCH3 is 1. The molecule has 2 aromatic rings. The molecular formula is C24H27ClN4O4. The molecular weight excluding hydrogens is 444 g/mol. The van der Waals surface area contributed by atoms with E-state index in [0.29, 0.717) is 29.8 Å². The first-order valence-electron chi connectivity index (χ1n) is 10.9. The molecule has 0 saturated carbocycles. The number of hydrogen-bond acceptors (Lipinski definition) is 7. The number of nitrogens with zero attached hydrogens (tertiary/aromatic N) is 3. The van der Waals surface area contributed by atoms with Crippen LogP contribution in [0.15, 0.2) is 53.5 Å². The molecule has 0 aromatic heterocycles. The van der Waals surface area contributed by atoms with Crippen molar-refractivity contribution in [2.45, 2.75) is 13.0 Å². The van der Waals surface area contributed by atoms with Crippen LogP contribution in [-0.2, 0) is 14.3 Å². The summed E-state index contributed by atoms with van der Waals surface area (Å²) < 4.78 is 10.4. The molecule has 4 rings (SSSR count). The van der Waals surface area contributed by atoms with Crippen LogP contribution < -0.4 is 15.0 Å². The molecule has 1 fully saturated rings. The molecule has 1 N–H and O–H groups in total. The number of piperazine rings is 1. The second-order valence-electron chi connectivity index (χ2n) is 7.84. The molecule has 2 aromatic carbocycles. The van der Waals surface area contributed by atoms with Gasteiger partial charge < -0.3 is 19.3 Å². The van der Waals surface area contributed by atoms with Crippen molar-refractivity contribution >= 4 is 35.1 Å². The van der Waals surface area contributed by atoms with Crippen molar-refractivity contribution in [3.05, 3.63) is 59.1 Å². The Labute approximate surface area is 198 Å². The van der Waals surface area contributed by atoms with Crippen LogP contribution in [0.25, 0.3) is 0 Å². The Morgan fingerprint density at radius 3 is 2.30 bits per heavy atom. The molecule has 0 aliphatic carbocycles. The van der Waals surface area contributed by atoms with Gasteiger partial charge in [-0.3, -0.25) is 14.9 Å². The number of benzene rings is 2. The van der Waals surface area contributed by atoms with Crippen molar-refractivity contribution in [1.82, 2.24) is 10.2 Å². The van der Waals surface area contributed by atoms with Gasteiger partial charge in [-0.2, -0.15) is 0 Å². The van der Waals surface area contributed by atoms with Crippen molar-refractivity contribution in [1.29, 1.82) is 0 Å². The molecule has 0 bridgehead atoms. The molecule has 2 unspecified atom stereocenters. The summed E-state index contributed by atoms with van der Waals surface area (Å²) in [5.74, 6) is -0.852. The fourth-order valence-electron chi connectivity index (χ4n) is 4.09. The van der Waals surface area contributed by atoms with E-state index >= 15 is 0 Å². The van der Waals surface area contributed by atoms with Crippen LogP contribution in [0.4, 0.5) is 5.69 Å². The lowest BCUT2D eigenvalue weighted by Crippen LogP contribution is -2.57. The third-order valence-corrected chi connectivity index (χ3v) is 6.12. The smallest absolute Gasteiger partial charge is 0.321 e. The minimum Gasteiger partial charge on any atom is -0.497 e. The Morgan fingerprint density at radius 1 is 1.06 bits per heavy atom. The molecule has 2 aliphatic heterocycles. The first-order chi connectivity index (χ1) is 16.0. The van der Waals surface area contributed by atoms with Crippen LogP contribution in [0.5, 0.6) is 5.75 Å². The van der Waals surface area contributed by atoms with Crippen LogP contribution in [0.3, 0.4) is 0 Å². The standard InChI is InChI=1S/C24H27ClN4O4/c1-3-33-23(31)20-21(16-4-10-19(32-2)11-5-16)26-24(27-22(20)30)29-14-12-28(13-15-29)18-8-6-17(25)7-9-18/h4-11,20-21H,3,12-15H2,1-2H3,(H,26,27,30). The lowest BCUT2D eigenvalue weighted by atomic mass is 9.91. The van der Waals surface area contributed by atoms with E-state index < -0.39 is 23.8 Å². The molecule has 0 radical (unpaired) electrons. The highest BCUT2D eigenvalue weighted by atomic mass is 35.5. The highest BCUT2D eigenvalue weighted by molar-refractivity contribution is 6.30. The maximum atomic E-state index is 13.0. The van der Waals surface area contributed by atoms with E-state index in [1.54, 1.807) is 26.2 Å². The molecule has 2 heterocycles. The molecule has 8 nitrogen and oxygen atoms in total. The maximum Gasteiger partial charge on any atom is 0.321 e. The molecule has 2 aliphatic rings. The van der Waals surface area contributed by atoms with Crippen molar-refractivity contribution in [3.63, 3.8) is 0 Å². The van der Waals surface area contributed by atoms with Crippen LogP contribution >= 0.6 is 11.6 Å². The summed E-state index contributed by atoms with van der Waals surface area (Å²) in [6, 6.07) is 14.3. The molecule has 1 amide bonds. The lowest BCUT2D eigenvalue weighted by Gasteiger charge is -2.39. The topological polar surface area (TPSA) is 83.5 Å². The summed E-state index contributed by atoms with van der Waals surface area (Å²) in [5.41, 5.74) is 1.85. The summed E-state index contributed by atoms with van der Waals surface area (Å²) in [6.45, 7) is 4.81. The van der Waals surface area contributed by atoms with E-state index in [0.717, 1.165) is 24.3 Å². The third-order valence-electron chi connectivity index (χ3n) is 5.86. The van der Waals surface area contributed by atoms with Gasteiger partial charge >= 0.3 is 5.97 Å². The Balaban J connectivity index is 1.55. The Morgan fingerprint density at radius 2 is 1.70 bits per heavy atom. The van der Waals surface area contributed by atoms with Crippen molar-refractivity contribution < 1.29 is 19.1 Å². The Kier molecular flexibility index (Phi) is 7.03. The molecule has 9 heteroatoms. The zero-order chi connectivity index (χ0) is 23.4. The number of amides is 1. The highest BCUT2D eigenvalue weighted by Gasteiger charge is 2.42. The average Bonchev–Trinajstić information content (AvgIpc) is 2.84. The monoisotopic (exact) mass is 470 g/mol. The van der Waals surface area contributed by atoms with E-state index in [1.807, 2.05) is 41.3 Å².